The number of amides is 2. The van der Waals surface area contributed by atoms with Crippen LogP contribution >= 0.6 is 0 Å². The van der Waals surface area contributed by atoms with Gasteiger partial charge in [0.25, 0.3) is 5.91 Å². The number of aromatic nitrogens is 5. The number of allylic oxidation sites excluding steroid dienone is 1. The van der Waals surface area contributed by atoms with Gasteiger partial charge in [-0.3, -0.25) is 9.59 Å². The van der Waals surface area contributed by atoms with Crippen LogP contribution in [0.25, 0.3) is 11.2 Å². The lowest BCUT2D eigenvalue weighted by Gasteiger charge is -2.08. The minimum absolute atomic E-state index is 0.119. The second-order valence-corrected chi connectivity index (χ2v) is 6.07. The van der Waals surface area contributed by atoms with Crippen molar-refractivity contribution < 1.29 is 14.7 Å². The van der Waals surface area contributed by atoms with Crippen LogP contribution in [0.2, 0.25) is 0 Å². The average Bonchev–Trinajstić information content (AvgIpc) is 3.21. The van der Waals surface area contributed by atoms with Gasteiger partial charge >= 0.3 is 0 Å². The maximum atomic E-state index is 12.9. The third-order valence-electron chi connectivity index (χ3n) is 4.08. The molecule has 0 spiro atoms. The molecule has 0 aliphatic heterocycles. The molecule has 4 N–H and O–H groups in total. The molecule has 10 heteroatoms. The van der Waals surface area contributed by atoms with Gasteiger partial charge in [-0.15, -0.1) is 0 Å². The Morgan fingerprint density at radius 3 is 2.79 bits per heavy atom. The molecule has 0 saturated heterocycles. The molecule has 0 aliphatic carbocycles. The lowest BCUT2D eigenvalue weighted by Crippen LogP contribution is -2.20. The van der Waals surface area contributed by atoms with Gasteiger partial charge in [-0.1, -0.05) is 12.2 Å². The summed E-state index contributed by atoms with van der Waals surface area (Å²) >= 11 is 0. The lowest BCUT2D eigenvalue weighted by atomic mass is 10.2. The summed E-state index contributed by atoms with van der Waals surface area (Å²) in [5.41, 5.74) is 7.09. The molecule has 2 amide bonds. The molecule has 0 radical (unpaired) electrons. The summed E-state index contributed by atoms with van der Waals surface area (Å²) in [5, 5.41) is 16.1. The molecule has 146 valence electrons. The van der Waals surface area contributed by atoms with Gasteiger partial charge in [-0.2, -0.15) is 5.10 Å². The smallest absolute Gasteiger partial charge is 0.292 e. The Morgan fingerprint density at radius 1 is 1.32 bits per heavy atom. The number of aliphatic hydroxyl groups is 1. The van der Waals surface area contributed by atoms with Gasteiger partial charge in [0, 0.05) is 25.4 Å². The predicted molar refractivity (Wildman–Crippen MR) is 103 cm³/mol. The van der Waals surface area contributed by atoms with Crippen molar-refractivity contribution in [1.29, 1.82) is 0 Å². The van der Waals surface area contributed by atoms with Crippen molar-refractivity contribution in [1.82, 2.24) is 24.3 Å². The molecule has 28 heavy (non-hydrogen) atoms. The second kappa shape index (κ2) is 8.01. The number of nitrogens with one attached hydrogen (secondary N) is 1. The number of carbonyl (C=O) groups excluding carboxylic acids is 2. The van der Waals surface area contributed by atoms with Crippen LogP contribution in [0.3, 0.4) is 0 Å². The molecule has 0 unspecified atom stereocenters. The van der Waals surface area contributed by atoms with Crippen molar-refractivity contribution in [3.05, 3.63) is 47.6 Å². The van der Waals surface area contributed by atoms with E-state index in [1.54, 1.807) is 27.5 Å². The van der Waals surface area contributed by atoms with Crippen LogP contribution in [0, 0.1) is 6.92 Å². The van der Waals surface area contributed by atoms with E-state index >= 15 is 0 Å². The summed E-state index contributed by atoms with van der Waals surface area (Å²) in [7, 11) is 0. The first-order chi connectivity index (χ1) is 13.4. The SMILES string of the molecule is CCn1nc(C)cc1NC(=O)c1nc2cc(C(N)=O)cnc2n1C/C=C/CO. The number of aliphatic hydroxyl groups excluding tert-OH is 1. The number of anilines is 1. The first-order valence-electron chi connectivity index (χ1n) is 8.72. The van der Waals surface area contributed by atoms with E-state index in [1.165, 1.54) is 12.3 Å². The Morgan fingerprint density at radius 2 is 2.11 bits per heavy atom. The Bertz CT molecular complexity index is 1060. The number of primary amides is 1. The zero-order chi connectivity index (χ0) is 20.3. The standard InChI is InChI=1S/C18H21N7O3/c1-3-25-14(8-11(2)23-25)22-18(28)17-21-13-9-12(15(19)27)10-20-16(13)24(17)6-4-5-7-26/h4-5,8-10,26H,3,6-7H2,1-2H3,(H2,19,27)(H,22,28)/b5-4+. The third-order valence-corrected chi connectivity index (χ3v) is 4.08. The van der Waals surface area contributed by atoms with E-state index in [2.05, 4.69) is 20.4 Å². The first kappa shape index (κ1) is 19.2. The fourth-order valence-corrected chi connectivity index (χ4v) is 2.81. The van der Waals surface area contributed by atoms with Crippen molar-refractivity contribution in [2.75, 3.05) is 11.9 Å². The van der Waals surface area contributed by atoms with E-state index in [9.17, 15) is 9.59 Å². The van der Waals surface area contributed by atoms with E-state index in [1.807, 2.05) is 13.8 Å². The summed E-state index contributed by atoms with van der Waals surface area (Å²) < 4.78 is 3.27. The van der Waals surface area contributed by atoms with Gasteiger partial charge in [-0.05, 0) is 19.9 Å². The number of aryl methyl sites for hydroxylation is 2. The Labute approximate surface area is 160 Å². The van der Waals surface area contributed by atoms with Crippen molar-refractivity contribution >= 4 is 28.8 Å². The number of fused-ring (bicyclic) bond motifs is 1. The minimum Gasteiger partial charge on any atom is -0.392 e. The van der Waals surface area contributed by atoms with Gasteiger partial charge < -0.3 is 20.7 Å². The molecule has 3 rings (SSSR count). The highest BCUT2D eigenvalue weighted by atomic mass is 16.2. The Kier molecular flexibility index (Phi) is 5.50. The monoisotopic (exact) mass is 383 g/mol. The fourth-order valence-electron chi connectivity index (χ4n) is 2.81. The molecule has 0 aromatic carbocycles. The van der Waals surface area contributed by atoms with E-state index in [-0.39, 0.29) is 24.5 Å². The summed E-state index contributed by atoms with van der Waals surface area (Å²) in [4.78, 5) is 32.9. The van der Waals surface area contributed by atoms with Crippen LogP contribution in [0.4, 0.5) is 5.82 Å². The Hall–Kier alpha value is -3.53. The minimum atomic E-state index is -0.627. The molecular formula is C18H21N7O3. The number of rotatable bonds is 7. The van der Waals surface area contributed by atoms with Gasteiger partial charge in [0.1, 0.15) is 11.3 Å². The van der Waals surface area contributed by atoms with Crippen molar-refractivity contribution in [2.24, 2.45) is 5.73 Å². The van der Waals surface area contributed by atoms with Gasteiger partial charge in [0.2, 0.25) is 11.7 Å². The summed E-state index contributed by atoms with van der Waals surface area (Å²) in [6, 6.07) is 3.26. The fraction of sp³-hybridized carbons (Fsp3) is 0.278. The van der Waals surface area contributed by atoms with E-state index in [0.717, 1.165) is 5.69 Å². The largest absolute Gasteiger partial charge is 0.392 e. The molecule has 0 aliphatic rings. The maximum Gasteiger partial charge on any atom is 0.292 e. The highest BCUT2D eigenvalue weighted by Gasteiger charge is 2.20. The molecule has 3 aromatic heterocycles. The van der Waals surface area contributed by atoms with E-state index < -0.39 is 11.8 Å². The normalized spacial score (nSPS) is 11.4. The molecule has 10 nitrogen and oxygen atoms in total. The predicted octanol–water partition coefficient (Wildman–Crippen LogP) is 0.856. The van der Waals surface area contributed by atoms with Crippen molar-refractivity contribution in [3.8, 4) is 0 Å². The number of carbonyl (C=O) groups is 2. The van der Waals surface area contributed by atoms with Gasteiger partial charge in [-0.25, -0.2) is 14.6 Å². The van der Waals surface area contributed by atoms with E-state index in [4.69, 9.17) is 10.8 Å². The average molecular weight is 383 g/mol. The van der Waals surface area contributed by atoms with Gasteiger partial charge in [0.15, 0.2) is 5.65 Å². The first-order valence-corrected chi connectivity index (χ1v) is 8.72. The lowest BCUT2D eigenvalue weighted by molar-refractivity contribution is 0.0995. The molecule has 0 fully saturated rings. The number of hydrogen-bond acceptors (Lipinski definition) is 6. The molecule has 0 saturated carbocycles. The van der Waals surface area contributed by atoms with Crippen molar-refractivity contribution in [2.45, 2.75) is 26.9 Å². The highest BCUT2D eigenvalue weighted by Crippen LogP contribution is 2.18. The molecule has 3 aromatic rings. The molecule has 0 atom stereocenters. The molecular weight excluding hydrogens is 362 g/mol. The number of nitrogens with zero attached hydrogens (tertiary/aromatic N) is 5. The molecule has 3 heterocycles. The van der Waals surface area contributed by atoms with Gasteiger partial charge in [0.05, 0.1) is 17.9 Å². The van der Waals surface area contributed by atoms with Crippen LogP contribution in [-0.4, -0.2) is 47.8 Å². The summed E-state index contributed by atoms with van der Waals surface area (Å²) in [6.07, 6.45) is 4.60. The number of nitrogens with two attached hydrogens (primary N) is 1. The van der Waals surface area contributed by atoms with Crippen molar-refractivity contribution in [3.63, 3.8) is 0 Å². The van der Waals surface area contributed by atoms with Crippen LogP contribution in [0.5, 0.6) is 0 Å². The van der Waals surface area contributed by atoms with E-state index in [0.29, 0.717) is 23.5 Å². The second-order valence-electron chi connectivity index (χ2n) is 6.07. The molecule has 0 bridgehead atoms. The topological polar surface area (TPSA) is 141 Å². The van der Waals surface area contributed by atoms with Crippen LogP contribution in [0.15, 0.2) is 30.5 Å². The quantitative estimate of drug-likeness (QED) is 0.517. The Balaban J connectivity index is 2.03. The zero-order valence-electron chi connectivity index (χ0n) is 15.6. The zero-order valence-corrected chi connectivity index (χ0v) is 15.6. The highest BCUT2D eigenvalue weighted by molar-refractivity contribution is 6.03. The number of pyridine rings is 1. The maximum absolute atomic E-state index is 12.9. The number of imidazole rings is 1. The third kappa shape index (κ3) is 3.76. The number of hydrogen-bond donors (Lipinski definition) is 3. The summed E-state index contributed by atoms with van der Waals surface area (Å²) in [5.74, 6) is -0.392. The van der Waals surface area contributed by atoms with Crippen LogP contribution < -0.4 is 11.1 Å². The van der Waals surface area contributed by atoms with Crippen LogP contribution in [0.1, 0.15) is 33.6 Å². The summed E-state index contributed by atoms with van der Waals surface area (Å²) in [6.45, 7) is 4.51. The van der Waals surface area contributed by atoms with Crippen LogP contribution in [-0.2, 0) is 13.1 Å².